The van der Waals surface area contributed by atoms with Crippen molar-refractivity contribution in [2.75, 3.05) is 13.7 Å². The van der Waals surface area contributed by atoms with Crippen LogP contribution in [0, 0.1) is 6.92 Å². The number of methoxy groups -OCH3 is 1. The lowest BCUT2D eigenvalue weighted by Crippen LogP contribution is -2.68. The van der Waals surface area contributed by atoms with Crippen molar-refractivity contribution >= 4 is 12.3 Å². The molecule has 30 heavy (non-hydrogen) atoms. The van der Waals surface area contributed by atoms with Gasteiger partial charge in [0.2, 0.25) is 12.3 Å². The van der Waals surface area contributed by atoms with Gasteiger partial charge in [-0.3, -0.25) is 9.59 Å². The lowest BCUT2D eigenvalue weighted by molar-refractivity contribution is -0.114. The number of hydrogen-bond donors (Lipinski definition) is 4. The molecule has 0 spiro atoms. The second kappa shape index (κ2) is 8.24. The van der Waals surface area contributed by atoms with Crippen LogP contribution in [0.25, 0.3) is 0 Å². The minimum absolute atomic E-state index is 0.202. The van der Waals surface area contributed by atoms with E-state index >= 15 is 0 Å². The molecule has 3 atom stereocenters. The van der Waals surface area contributed by atoms with Crippen molar-refractivity contribution < 1.29 is 19.4 Å². The fraction of sp³-hybridized carbons (Fsp3) is 0.478. The number of carbonyl (C=O) groups is 2. The minimum Gasteiger partial charge on any atom is -0.497 e. The lowest BCUT2D eigenvalue weighted by atomic mass is 9.53. The zero-order valence-corrected chi connectivity index (χ0v) is 18.0. The molecule has 2 unspecified atom stereocenters. The Morgan fingerprint density at radius 3 is 2.77 bits per heavy atom. The van der Waals surface area contributed by atoms with Crippen molar-refractivity contribution in [3.05, 3.63) is 52.2 Å². The van der Waals surface area contributed by atoms with Gasteiger partial charge < -0.3 is 26.2 Å². The Kier molecular flexibility index (Phi) is 6.06. The van der Waals surface area contributed by atoms with Crippen LogP contribution in [0.4, 0.5) is 0 Å². The van der Waals surface area contributed by atoms with Crippen LogP contribution in [-0.2, 0) is 15.0 Å². The van der Waals surface area contributed by atoms with Gasteiger partial charge in [0.1, 0.15) is 5.75 Å². The molecule has 1 saturated heterocycles. The Hall–Kier alpha value is -2.64. The molecule has 1 aromatic rings. The predicted octanol–water partition coefficient (Wildman–Crippen LogP) is 1.58. The standard InChI is InChI=1S/C23H31N3O4/c1-14-5-6-18(30-4)10-19(14)22-7-8-25-16(3)23(22,29)11-17(9-15(2)21(24)28)20(12-22)26-13-27/h5-6,9-10,13,16,25,29H,7-8,11-12H2,1-4H3,(H2,24,28)(H,26,27)/b15-9+/t16?,22-,23?/m1/s1. The van der Waals surface area contributed by atoms with E-state index in [1.165, 1.54) is 0 Å². The number of fused-ring (bicyclic) bond motifs is 1. The topological polar surface area (TPSA) is 114 Å². The number of nitrogens with one attached hydrogen (secondary N) is 2. The van der Waals surface area contributed by atoms with E-state index in [4.69, 9.17) is 10.5 Å². The first-order valence-electron chi connectivity index (χ1n) is 10.2. The third kappa shape index (κ3) is 3.52. The summed E-state index contributed by atoms with van der Waals surface area (Å²) in [5, 5.41) is 18.4. The summed E-state index contributed by atoms with van der Waals surface area (Å²) in [6.45, 7) is 6.37. The van der Waals surface area contributed by atoms with Gasteiger partial charge in [-0.15, -0.1) is 0 Å². The monoisotopic (exact) mass is 413 g/mol. The molecule has 2 amide bonds. The highest BCUT2D eigenvalue weighted by molar-refractivity contribution is 5.91. The second-order valence-electron chi connectivity index (χ2n) is 8.42. The molecule has 0 bridgehead atoms. The largest absolute Gasteiger partial charge is 0.497 e. The van der Waals surface area contributed by atoms with Crippen LogP contribution in [0.5, 0.6) is 5.75 Å². The SMILES string of the molecule is COc1ccc(C)c([C@]23CCNC(C)C2(O)CC(/C=C(\C)C(N)=O)=C(NC=O)C3)c1. The van der Waals surface area contributed by atoms with E-state index < -0.39 is 16.9 Å². The number of nitrogens with two attached hydrogens (primary N) is 1. The molecule has 5 N–H and O–H groups in total. The van der Waals surface area contributed by atoms with Crippen LogP contribution in [0.2, 0.25) is 0 Å². The van der Waals surface area contributed by atoms with Crippen molar-refractivity contribution in [2.24, 2.45) is 5.73 Å². The van der Waals surface area contributed by atoms with Crippen LogP contribution in [0.1, 0.15) is 44.2 Å². The number of rotatable bonds is 6. The quantitative estimate of drug-likeness (QED) is 0.418. The smallest absolute Gasteiger partial charge is 0.244 e. The lowest BCUT2D eigenvalue weighted by Gasteiger charge is -2.58. The molecule has 7 nitrogen and oxygen atoms in total. The number of primary amides is 1. The molecule has 0 aromatic heterocycles. The van der Waals surface area contributed by atoms with Gasteiger partial charge >= 0.3 is 0 Å². The zero-order valence-electron chi connectivity index (χ0n) is 18.0. The van der Waals surface area contributed by atoms with Crippen LogP contribution in [0.3, 0.4) is 0 Å². The Bertz CT molecular complexity index is 923. The van der Waals surface area contributed by atoms with Gasteiger partial charge in [0.05, 0.1) is 12.7 Å². The van der Waals surface area contributed by atoms with Gasteiger partial charge in [-0.25, -0.2) is 0 Å². The molecule has 0 saturated carbocycles. The number of carbonyl (C=O) groups excluding carboxylic acids is 2. The number of allylic oxidation sites excluding steroid dienone is 2. The molecular formula is C23H31N3O4. The van der Waals surface area contributed by atoms with Gasteiger partial charge in [-0.05, 0) is 68.6 Å². The number of ether oxygens (including phenoxy) is 1. The van der Waals surface area contributed by atoms with Gasteiger partial charge in [0, 0.05) is 35.6 Å². The normalized spacial score (nSPS) is 29.2. The fourth-order valence-electron chi connectivity index (χ4n) is 5.07. The molecule has 3 rings (SSSR count). The Morgan fingerprint density at radius 1 is 1.40 bits per heavy atom. The van der Waals surface area contributed by atoms with Gasteiger partial charge in [0.25, 0.3) is 0 Å². The van der Waals surface area contributed by atoms with Crippen LogP contribution in [0.15, 0.2) is 41.1 Å². The van der Waals surface area contributed by atoms with Crippen molar-refractivity contribution in [1.29, 1.82) is 0 Å². The van der Waals surface area contributed by atoms with E-state index in [2.05, 4.69) is 10.6 Å². The number of benzene rings is 1. The fourth-order valence-corrected chi connectivity index (χ4v) is 5.07. The van der Waals surface area contributed by atoms with Crippen molar-refractivity contribution in [1.82, 2.24) is 10.6 Å². The average molecular weight is 414 g/mol. The van der Waals surface area contributed by atoms with E-state index in [-0.39, 0.29) is 12.5 Å². The maximum atomic E-state index is 12.2. The molecule has 7 heteroatoms. The highest BCUT2D eigenvalue weighted by Crippen LogP contribution is 2.54. The number of amides is 2. The minimum atomic E-state index is -1.14. The van der Waals surface area contributed by atoms with Crippen LogP contribution in [-0.4, -0.2) is 42.7 Å². The molecule has 1 aliphatic carbocycles. The summed E-state index contributed by atoms with van der Waals surface area (Å²) in [7, 11) is 1.62. The first-order valence-corrected chi connectivity index (χ1v) is 10.2. The third-order valence-electron chi connectivity index (χ3n) is 6.85. The summed E-state index contributed by atoms with van der Waals surface area (Å²) >= 11 is 0. The Balaban J connectivity index is 2.26. The third-order valence-corrected chi connectivity index (χ3v) is 6.85. The van der Waals surface area contributed by atoms with E-state index in [0.717, 1.165) is 23.4 Å². The van der Waals surface area contributed by atoms with E-state index in [1.807, 2.05) is 32.0 Å². The first kappa shape index (κ1) is 22.1. The van der Waals surface area contributed by atoms with Gasteiger partial charge in [0.15, 0.2) is 0 Å². The molecule has 1 aromatic carbocycles. The van der Waals surface area contributed by atoms with Crippen molar-refractivity contribution in [3.8, 4) is 5.75 Å². The average Bonchev–Trinajstić information content (AvgIpc) is 2.70. The van der Waals surface area contributed by atoms with E-state index in [9.17, 15) is 14.7 Å². The predicted molar refractivity (Wildman–Crippen MR) is 115 cm³/mol. The summed E-state index contributed by atoms with van der Waals surface area (Å²) in [4.78, 5) is 23.0. The molecular weight excluding hydrogens is 382 g/mol. The van der Waals surface area contributed by atoms with Crippen LogP contribution < -0.4 is 21.1 Å². The summed E-state index contributed by atoms with van der Waals surface area (Å²) < 4.78 is 5.47. The van der Waals surface area contributed by atoms with E-state index in [0.29, 0.717) is 36.1 Å². The Labute approximate surface area is 177 Å². The summed E-state index contributed by atoms with van der Waals surface area (Å²) in [6, 6.07) is 5.70. The maximum absolute atomic E-state index is 12.2. The number of hydrogen-bond acceptors (Lipinski definition) is 5. The second-order valence-corrected chi connectivity index (χ2v) is 8.42. The summed E-state index contributed by atoms with van der Waals surface area (Å²) in [6.07, 6.45) is 3.72. The molecule has 0 radical (unpaired) electrons. The number of aryl methyl sites for hydroxylation is 1. The summed E-state index contributed by atoms with van der Waals surface area (Å²) in [5.41, 5.74) is 7.52. The van der Waals surface area contributed by atoms with Crippen LogP contribution >= 0.6 is 0 Å². The molecule has 1 aliphatic heterocycles. The van der Waals surface area contributed by atoms with Crippen molar-refractivity contribution in [3.63, 3.8) is 0 Å². The van der Waals surface area contributed by atoms with Crippen molar-refractivity contribution in [2.45, 2.75) is 57.1 Å². The molecule has 2 aliphatic rings. The zero-order chi connectivity index (χ0) is 22.1. The highest BCUT2D eigenvalue weighted by Gasteiger charge is 2.59. The van der Waals surface area contributed by atoms with Gasteiger partial charge in [-0.2, -0.15) is 0 Å². The molecule has 162 valence electrons. The number of piperidine rings is 1. The first-order chi connectivity index (χ1) is 14.2. The summed E-state index contributed by atoms with van der Waals surface area (Å²) in [5.74, 6) is 0.192. The van der Waals surface area contributed by atoms with Gasteiger partial charge in [-0.1, -0.05) is 6.07 Å². The maximum Gasteiger partial charge on any atom is 0.244 e. The highest BCUT2D eigenvalue weighted by atomic mass is 16.5. The molecule has 1 heterocycles. The molecule has 1 fully saturated rings. The number of aliphatic hydroxyl groups is 1. The van der Waals surface area contributed by atoms with E-state index in [1.54, 1.807) is 20.1 Å². The Morgan fingerprint density at radius 2 is 2.13 bits per heavy atom.